The number of nitrogens with one attached hydrogen (secondary N) is 1. The molecule has 0 atom stereocenters. The Morgan fingerprint density at radius 3 is 2.65 bits per heavy atom. The second-order valence-corrected chi connectivity index (χ2v) is 5.29. The fourth-order valence-electron chi connectivity index (χ4n) is 2.16. The molecule has 1 aliphatic heterocycles. The first-order valence-electron chi connectivity index (χ1n) is 6.86. The van der Waals surface area contributed by atoms with E-state index in [1.807, 2.05) is 0 Å². The van der Waals surface area contributed by atoms with E-state index in [1.165, 1.54) is 0 Å². The van der Waals surface area contributed by atoms with E-state index >= 15 is 0 Å². The highest BCUT2D eigenvalue weighted by molar-refractivity contribution is 5.93. The van der Waals surface area contributed by atoms with Gasteiger partial charge in [0, 0.05) is 45.5 Å². The fourth-order valence-corrected chi connectivity index (χ4v) is 2.16. The second-order valence-electron chi connectivity index (χ2n) is 5.29. The van der Waals surface area contributed by atoms with Gasteiger partial charge in [0.1, 0.15) is 11.5 Å². The Morgan fingerprint density at radius 1 is 1.35 bits per heavy atom. The number of amidine groups is 1. The molecule has 0 bridgehead atoms. The number of aromatic nitrogens is 2. The van der Waals surface area contributed by atoms with Crippen molar-refractivity contribution in [3.63, 3.8) is 0 Å². The molecule has 0 spiro atoms. The molecule has 3 N–H and O–H groups in total. The maximum absolute atomic E-state index is 7.43. The molecule has 2 rings (SSSR count). The van der Waals surface area contributed by atoms with Crippen LogP contribution in [0.5, 0.6) is 0 Å². The maximum atomic E-state index is 7.43. The summed E-state index contributed by atoms with van der Waals surface area (Å²) in [7, 11) is 4.19. The topological polar surface area (TPSA) is 85.4 Å². The molecule has 0 radical (unpaired) electrons. The predicted molar refractivity (Wildman–Crippen MR) is 80.3 cm³/mol. The van der Waals surface area contributed by atoms with Crippen LogP contribution in [-0.4, -0.2) is 79.0 Å². The van der Waals surface area contributed by atoms with E-state index in [0.717, 1.165) is 39.3 Å². The van der Waals surface area contributed by atoms with Crippen molar-refractivity contribution >= 4 is 11.8 Å². The molecule has 7 nitrogen and oxygen atoms in total. The highest BCUT2D eigenvalue weighted by Crippen LogP contribution is 2.11. The molecule has 0 amide bonds. The largest absolute Gasteiger partial charge is 0.382 e. The summed E-state index contributed by atoms with van der Waals surface area (Å²) in [5.74, 6) is 0.656. The van der Waals surface area contributed by atoms with E-state index in [2.05, 4.69) is 38.8 Å². The summed E-state index contributed by atoms with van der Waals surface area (Å²) in [6.07, 6.45) is 1.66. The minimum absolute atomic E-state index is 0.0155. The zero-order valence-electron chi connectivity index (χ0n) is 12.2. The Kier molecular flexibility index (Phi) is 4.86. The highest BCUT2D eigenvalue weighted by Gasteiger charge is 2.19. The quantitative estimate of drug-likeness (QED) is 0.554. The fraction of sp³-hybridized carbons (Fsp3) is 0.615. The Labute approximate surface area is 119 Å². The first-order chi connectivity index (χ1) is 9.56. The van der Waals surface area contributed by atoms with Gasteiger partial charge < -0.3 is 15.5 Å². The van der Waals surface area contributed by atoms with Gasteiger partial charge in [0.05, 0.1) is 0 Å². The third-order valence-electron chi connectivity index (χ3n) is 3.44. The third-order valence-corrected chi connectivity index (χ3v) is 3.44. The number of anilines is 1. The summed E-state index contributed by atoms with van der Waals surface area (Å²) < 4.78 is 0. The van der Waals surface area contributed by atoms with E-state index in [9.17, 15) is 0 Å². The SMILES string of the molecule is CN(C)CCN1CCN(c2nccc(C(=N)N)n2)CC1. The van der Waals surface area contributed by atoms with Gasteiger partial charge in [-0.25, -0.2) is 9.97 Å². The van der Waals surface area contributed by atoms with E-state index in [0.29, 0.717) is 11.6 Å². The van der Waals surface area contributed by atoms with Crippen molar-refractivity contribution in [2.45, 2.75) is 0 Å². The van der Waals surface area contributed by atoms with Crippen LogP contribution in [0.3, 0.4) is 0 Å². The lowest BCUT2D eigenvalue weighted by Crippen LogP contribution is -2.48. The molecule has 1 fully saturated rings. The summed E-state index contributed by atoms with van der Waals surface area (Å²) in [4.78, 5) is 15.4. The molecule has 1 saturated heterocycles. The molecule has 0 aromatic carbocycles. The van der Waals surface area contributed by atoms with Crippen LogP contribution >= 0.6 is 0 Å². The molecule has 20 heavy (non-hydrogen) atoms. The number of piperazine rings is 1. The van der Waals surface area contributed by atoms with Crippen molar-refractivity contribution in [2.24, 2.45) is 5.73 Å². The van der Waals surface area contributed by atoms with Gasteiger partial charge in [-0.15, -0.1) is 0 Å². The lowest BCUT2D eigenvalue weighted by molar-refractivity contribution is 0.228. The van der Waals surface area contributed by atoms with Crippen LogP contribution in [0, 0.1) is 5.41 Å². The molecule has 110 valence electrons. The summed E-state index contributed by atoms with van der Waals surface area (Å²) in [6, 6.07) is 1.67. The molecular weight excluding hydrogens is 254 g/mol. The van der Waals surface area contributed by atoms with Crippen molar-refractivity contribution in [2.75, 3.05) is 58.3 Å². The van der Waals surface area contributed by atoms with Gasteiger partial charge in [-0.05, 0) is 20.2 Å². The van der Waals surface area contributed by atoms with Gasteiger partial charge in [-0.3, -0.25) is 10.3 Å². The molecular formula is C13H23N7. The number of rotatable bonds is 5. The minimum Gasteiger partial charge on any atom is -0.382 e. The number of nitrogen functional groups attached to an aromatic ring is 1. The van der Waals surface area contributed by atoms with Crippen LogP contribution in [0.2, 0.25) is 0 Å². The Hall–Kier alpha value is -1.73. The van der Waals surface area contributed by atoms with Crippen LogP contribution in [0.4, 0.5) is 5.95 Å². The average molecular weight is 277 g/mol. The number of hydrogen-bond acceptors (Lipinski definition) is 6. The van der Waals surface area contributed by atoms with E-state index in [1.54, 1.807) is 12.3 Å². The van der Waals surface area contributed by atoms with E-state index in [-0.39, 0.29) is 5.84 Å². The smallest absolute Gasteiger partial charge is 0.226 e. The van der Waals surface area contributed by atoms with E-state index in [4.69, 9.17) is 11.1 Å². The number of nitrogens with zero attached hydrogens (tertiary/aromatic N) is 5. The molecule has 0 aliphatic carbocycles. The van der Waals surface area contributed by atoms with Gasteiger partial charge in [-0.2, -0.15) is 0 Å². The summed E-state index contributed by atoms with van der Waals surface area (Å²) in [5, 5.41) is 7.43. The molecule has 2 heterocycles. The van der Waals surface area contributed by atoms with Crippen LogP contribution in [0.25, 0.3) is 0 Å². The predicted octanol–water partition coefficient (Wildman–Crippen LogP) is -0.556. The second kappa shape index (κ2) is 6.62. The van der Waals surface area contributed by atoms with Gasteiger partial charge in [-0.1, -0.05) is 0 Å². The number of hydrogen-bond donors (Lipinski definition) is 2. The van der Waals surface area contributed by atoms with Gasteiger partial charge in [0.2, 0.25) is 5.95 Å². The lowest BCUT2D eigenvalue weighted by Gasteiger charge is -2.35. The highest BCUT2D eigenvalue weighted by atomic mass is 15.3. The summed E-state index contributed by atoms with van der Waals surface area (Å²) in [6.45, 7) is 6.03. The number of nitrogens with two attached hydrogens (primary N) is 1. The van der Waals surface area contributed by atoms with Crippen molar-refractivity contribution in [3.05, 3.63) is 18.0 Å². The maximum Gasteiger partial charge on any atom is 0.226 e. The van der Waals surface area contributed by atoms with Crippen LogP contribution < -0.4 is 10.6 Å². The van der Waals surface area contributed by atoms with Crippen LogP contribution in [-0.2, 0) is 0 Å². The minimum atomic E-state index is -0.0155. The monoisotopic (exact) mass is 277 g/mol. The molecule has 7 heteroatoms. The molecule has 0 unspecified atom stereocenters. The van der Waals surface area contributed by atoms with Crippen molar-refractivity contribution in [1.82, 2.24) is 19.8 Å². The molecule has 0 saturated carbocycles. The standard InChI is InChI=1S/C13H23N7/c1-18(2)5-6-19-7-9-20(10-8-19)13-16-4-3-11(17-13)12(14)15/h3-4H,5-10H2,1-2H3,(H3,14,15). The summed E-state index contributed by atoms with van der Waals surface area (Å²) in [5.41, 5.74) is 5.95. The average Bonchev–Trinajstić information content (AvgIpc) is 2.46. The zero-order chi connectivity index (χ0) is 14.5. The first kappa shape index (κ1) is 14.7. The first-order valence-corrected chi connectivity index (χ1v) is 6.86. The zero-order valence-corrected chi connectivity index (χ0v) is 12.2. The summed E-state index contributed by atoms with van der Waals surface area (Å²) >= 11 is 0. The van der Waals surface area contributed by atoms with Crippen LogP contribution in [0.1, 0.15) is 5.69 Å². The third kappa shape index (κ3) is 3.88. The van der Waals surface area contributed by atoms with Gasteiger partial charge in [0.25, 0.3) is 0 Å². The molecule has 1 aromatic rings. The van der Waals surface area contributed by atoms with Crippen LogP contribution in [0.15, 0.2) is 12.3 Å². The number of likely N-dealkylation sites (N-methyl/N-ethyl adjacent to an activating group) is 1. The van der Waals surface area contributed by atoms with Crippen molar-refractivity contribution in [1.29, 1.82) is 5.41 Å². The molecule has 1 aromatic heterocycles. The Bertz CT molecular complexity index is 452. The molecule has 1 aliphatic rings. The van der Waals surface area contributed by atoms with Crippen molar-refractivity contribution < 1.29 is 0 Å². The van der Waals surface area contributed by atoms with Gasteiger partial charge in [0.15, 0.2) is 0 Å². The van der Waals surface area contributed by atoms with E-state index < -0.39 is 0 Å². The Balaban J connectivity index is 1.90. The lowest BCUT2D eigenvalue weighted by atomic mass is 10.3. The van der Waals surface area contributed by atoms with Gasteiger partial charge >= 0.3 is 0 Å². The normalized spacial score (nSPS) is 16.6. The Morgan fingerprint density at radius 2 is 2.05 bits per heavy atom. The van der Waals surface area contributed by atoms with Crippen molar-refractivity contribution in [3.8, 4) is 0 Å².